The van der Waals surface area contributed by atoms with Crippen molar-refractivity contribution in [1.29, 1.82) is 0 Å². The number of hydrogen-bond acceptors (Lipinski definition) is 12. The predicted octanol–water partition coefficient (Wildman–Crippen LogP) is 21.4. The average Bonchev–Trinajstić information content (AvgIpc) is 1.18. The van der Waals surface area contributed by atoms with Gasteiger partial charge in [-0.2, -0.15) is 0 Å². The van der Waals surface area contributed by atoms with E-state index in [0.717, 1.165) is 145 Å². The van der Waals surface area contributed by atoms with Gasteiger partial charge in [-0.1, -0.05) is 157 Å². The van der Waals surface area contributed by atoms with Gasteiger partial charge in [0.15, 0.2) is 17.5 Å². The molecule has 0 fully saturated rings. The second-order valence-electron chi connectivity index (χ2n) is 23.6. The molecule has 0 bridgehead atoms. The van der Waals surface area contributed by atoms with Gasteiger partial charge in [-0.05, 0) is 164 Å². The molecule has 6 aromatic carbocycles. The molecule has 0 saturated carbocycles. The van der Waals surface area contributed by atoms with Crippen molar-refractivity contribution in [3.05, 3.63) is 144 Å². The summed E-state index contributed by atoms with van der Waals surface area (Å²) >= 11 is 0. The third-order valence-electron chi connectivity index (χ3n) is 15.6. The van der Waals surface area contributed by atoms with Gasteiger partial charge < -0.3 is 42.6 Å². The van der Waals surface area contributed by atoms with E-state index in [1.54, 1.807) is 0 Å². The molecule has 1 heterocycles. The average molecular weight is 1230 g/mol. The summed E-state index contributed by atoms with van der Waals surface area (Å²) < 4.78 is 56.8. The Labute approximate surface area is 540 Å². The maximum absolute atomic E-state index is 6.43. The summed E-state index contributed by atoms with van der Waals surface area (Å²) in [4.78, 5) is 15.3. The second kappa shape index (κ2) is 41.8. The minimum Gasteiger partial charge on any atom is -0.493 e. The Kier molecular flexibility index (Phi) is 32.5. The standard InChI is InChI=1S/C78H105N3O9/c1-7-13-19-25-43-82-70-49-61(50-71(55-70)83-44-26-20-14-8-2)58-88-67-37-31-64(32-38-67)76-79-77(65-33-39-68(40-34-65)89-59-62-51-72(84-45-27-21-15-9-3)56-73(52-62)85-46-28-22-16-10-4)81-78(80-76)66-35-41-69(42-36-66)90-60-63-53-74(86-47-29-23-17-11-5)57-75(54-63)87-48-30-24-18-12-6/h31-42,49-57H,7-30,43-48,58-60H2,1-6H3. The fraction of sp³-hybridized carbons (Fsp3) is 0.500. The van der Waals surface area contributed by atoms with Crippen molar-refractivity contribution in [1.82, 2.24) is 15.0 Å². The Bertz CT molecular complexity index is 2630. The van der Waals surface area contributed by atoms with Crippen molar-refractivity contribution in [2.75, 3.05) is 39.6 Å². The van der Waals surface area contributed by atoms with Crippen molar-refractivity contribution in [2.24, 2.45) is 0 Å². The summed E-state index contributed by atoms with van der Waals surface area (Å²) in [6.07, 6.45) is 27.4. The van der Waals surface area contributed by atoms with Crippen LogP contribution in [0, 0.1) is 0 Å². The van der Waals surface area contributed by atoms with Crippen LogP contribution in [0.25, 0.3) is 34.2 Å². The fourth-order valence-electron chi connectivity index (χ4n) is 10.3. The number of hydrogen-bond donors (Lipinski definition) is 0. The highest BCUT2D eigenvalue weighted by Gasteiger charge is 2.16. The largest absolute Gasteiger partial charge is 0.493 e. The first kappa shape index (κ1) is 70.0. The highest BCUT2D eigenvalue weighted by atomic mass is 16.5. The van der Waals surface area contributed by atoms with Gasteiger partial charge in [-0.3, -0.25) is 0 Å². The molecule has 486 valence electrons. The molecule has 0 N–H and O–H groups in total. The Hall–Kier alpha value is -7.47. The topological polar surface area (TPSA) is 122 Å². The predicted molar refractivity (Wildman–Crippen MR) is 366 cm³/mol. The van der Waals surface area contributed by atoms with Crippen LogP contribution >= 0.6 is 0 Å². The van der Waals surface area contributed by atoms with Crippen molar-refractivity contribution >= 4 is 0 Å². The molecule has 0 spiro atoms. The molecule has 7 aromatic rings. The van der Waals surface area contributed by atoms with E-state index in [9.17, 15) is 0 Å². The molecule has 12 nitrogen and oxygen atoms in total. The molecule has 90 heavy (non-hydrogen) atoms. The van der Waals surface area contributed by atoms with Crippen LogP contribution < -0.4 is 42.6 Å². The number of unbranched alkanes of at least 4 members (excludes halogenated alkanes) is 18. The summed E-state index contributed by atoms with van der Waals surface area (Å²) in [6.45, 7) is 18.4. The zero-order valence-corrected chi connectivity index (χ0v) is 55.5. The minimum absolute atomic E-state index is 0.349. The first-order valence-corrected chi connectivity index (χ1v) is 34.5. The third-order valence-corrected chi connectivity index (χ3v) is 15.6. The van der Waals surface area contributed by atoms with Crippen LogP contribution in [-0.2, 0) is 19.8 Å². The van der Waals surface area contributed by atoms with Crippen LogP contribution in [-0.4, -0.2) is 54.6 Å². The first-order chi connectivity index (χ1) is 44.3. The van der Waals surface area contributed by atoms with E-state index < -0.39 is 0 Å². The zero-order valence-electron chi connectivity index (χ0n) is 55.5. The SMILES string of the molecule is CCCCCCOc1cc(COc2ccc(-c3nc(-c4ccc(OCc5cc(OCCCCCC)cc(OCCCCCC)c5)cc4)nc(-c4ccc(OCc5cc(OCCCCCC)cc(OCCCCCC)c5)cc4)n3)cc2)cc(OCCCCCC)c1. The van der Waals surface area contributed by atoms with Crippen LogP contribution in [0.5, 0.6) is 51.7 Å². The monoisotopic (exact) mass is 1230 g/mol. The lowest BCUT2D eigenvalue weighted by atomic mass is 10.1. The van der Waals surface area contributed by atoms with Crippen molar-refractivity contribution in [3.8, 4) is 85.9 Å². The van der Waals surface area contributed by atoms with Gasteiger partial charge in [-0.15, -0.1) is 0 Å². The molecule has 1 aromatic heterocycles. The van der Waals surface area contributed by atoms with Gasteiger partial charge in [0.2, 0.25) is 0 Å². The van der Waals surface area contributed by atoms with Crippen molar-refractivity contribution in [2.45, 2.75) is 215 Å². The molecule has 0 aliphatic rings. The van der Waals surface area contributed by atoms with Crippen LogP contribution in [0.15, 0.2) is 127 Å². The van der Waals surface area contributed by atoms with Gasteiger partial charge in [0.25, 0.3) is 0 Å². The lowest BCUT2D eigenvalue weighted by Crippen LogP contribution is -2.03. The lowest BCUT2D eigenvalue weighted by molar-refractivity contribution is 0.282. The molecule has 0 amide bonds. The van der Waals surface area contributed by atoms with E-state index in [0.29, 0.717) is 94.2 Å². The van der Waals surface area contributed by atoms with E-state index in [1.807, 2.05) is 91.0 Å². The molecule has 0 atom stereocenters. The van der Waals surface area contributed by atoms with Crippen molar-refractivity contribution in [3.63, 3.8) is 0 Å². The van der Waals surface area contributed by atoms with E-state index in [4.69, 9.17) is 57.6 Å². The summed E-state index contributed by atoms with van der Waals surface area (Å²) in [5, 5.41) is 0. The van der Waals surface area contributed by atoms with Crippen molar-refractivity contribution < 1.29 is 42.6 Å². The van der Waals surface area contributed by atoms with E-state index in [2.05, 4.69) is 77.9 Å². The molecule has 12 heteroatoms. The summed E-state index contributed by atoms with van der Waals surface area (Å²) in [7, 11) is 0. The van der Waals surface area contributed by atoms with E-state index in [-0.39, 0.29) is 0 Å². The molecule has 0 aliphatic carbocycles. The van der Waals surface area contributed by atoms with Crippen LogP contribution in [0.2, 0.25) is 0 Å². The van der Waals surface area contributed by atoms with Crippen LogP contribution in [0.1, 0.15) is 212 Å². The van der Waals surface area contributed by atoms with Gasteiger partial charge in [0, 0.05) is 34.9 Å². The molecular formula is C78H105N3O9. The van der Waals surface area contributed by atoms with Crippen LogP contribution in [0.3, 0.4) is 0 Å². The van der Waals surface area contributed by atoms with Crippen LogP contribution in [0.4, 0.5) is 0 Å². The normalized spacial score (nSPS) is 11.1. The van der Waals surface area contributed by atoms with Gasteiger partial charge in [0.05, 0.1) is 39.6 Å². The van der Waals surface area contributed by atoms with E-state index >= 15 is 0 Å². The summed E-state index contributed by atoms with van der Waals surface area (Å²) in [5.74, 6) is 8.55. The number of benzene rings is 6. The maximum Gasteiger partial charge on any atom is 0.164 e. The zero-order chi connectivity index (χ0) is 63.1. The van der Waals surface area contributed by atoms with Gasteiger partial charge in [0.1, 0.15) is 71.6 Å². The molecule has 0 aliphatic heterocycles. The molecule has 0 saturated heterocycles. The Balaban J connectivity index is 1.10. The quantitative estimate of drug-likeness (QED) is 0.0338. The number of rotatable bonds is 48. The third kappa shape index (κ3) is 26.2. The fourth-order valence-corrected chi connectivity index (χ4v) is 10.3. The number of ether oxygens (including phenoxy) is 9. The number of aromatic nitrogens is 3. The second-order valence-corrected chi connectivity index (χ2v) is 23.6. The number of nitrogens with zero attached hydrogens (tertiary/aromatic N) is 3. The van der Waals surface area contributed by atoms with Gasteiger partial charge in [-0.25, -0.2) is 15.0 Å². The highest BCUT2D eigenvalue weighted by Crippen LogP contribution is 2.32. The summed E-state index contributed by atoms with van der Waals surface area (Å²) in [6, 6.07) is 42.1. The van der Waals surface area contributed by atoms with Gasteiger partial charge >= 0.3 is 0 Å². The molecule has 0 radical (unpaired) electrons. The smallest absolute Gasteiger partial charge is 0.164 e. The highest BCUT2D eigenvalue weighted by molar-refractivity contribution is 5.67. The Morgan fingerprint density at radius 3 is 0.600 bits per heavy atom. The molecular weight excluding hydrogens is 1120 g/mol. The molecule has 0 unspecified atom stereocenters. The summed E-state index contributed by atoms with van der Waals surface area (Å²) in [5.41, 5.74) is 5.39. The Morgan fingerprint density at radius 2 is 0.411 bits per heavy atom. The van der Waals surface area contributed by atoms with E-state index in [1.165, 1.54) is 77.0 Å². The first-order valence-electron chi connectivity index (χ1n) is 34.5. The lowest BCUT2D eigenvalue weighted by Gasteiger charge is -2.14. The molecule has 7 rings (SSSR count). The Morgan fingerprint density at radius 1 is 0.211 bits per heavy atom. The minimum atomic E-state index is 0.349. The maximum atomic E-state index is 6.43.